The van der Waals surface area contributed by atoms with Gasteiger partial charge in [0.2, 0.25) is 0 Å². The monoisotopic (exact) mass is 572 g/mol. The Morgan fingerprint density at radius 2 is 0.667 bits per heavy atom. The van der Waals surface area contributed by atoms with Crippen molar-refractivity contribution in [3.8, 4) is 54.5 Å². The third kappa shape index (κ3) is 4.33. The standard InChI is InChI=1S/C38H24N2S2/c1-3-7-33-31(5-1)29(25-9-13-27(14-10-25)37-39-21-23-41-37)17-19-35(33)36-20-18-30(32-6-2-4-8-34(32)36)26-11-15-28(16-12-26)38-40-22-24-42-38/h1-24H. The predicted octanol–water partition coefficient (Wildman–Crippen LogP) is 11.2. The van der Waals surface area contributed by atoms with Gasteiger partial charge in [0, 0.05) is 34.3 Å². The molecule has 2 nitrogen and oxygen atoms in total. The summed E-state index contributed by atoms with van der Waals surface area (Å²) in [6.45, 7) is 0. The lowest BCUT2D eigenvalue weighted by atomic mass is 9.88. The fraction of sp³-hybridized carbons (Fsp3) is 0. The molecule has 42 heavy (non-hydrogen) atoms. The molecule has 0 spiro atoms. The largest absolute Gasteiger partial charge is 0.245 e. The Balaban J connectivity index is 1.23. The molecule has 2 heterocycles. The minimum atomic E-state index is 1.05. The van der Waals surface area contributed by atoms with Crippen molar-refractivity contribution in [1.29, 1.82) is 0 Å². The second-order valence-electron chi connectivity index (χ2n) is 10.2. The lowest BCUT2D eigenvalue weighted by Crippen LogP contribution is -1.89. The fourth-order valence-corrected chi connectivity index (χ4v) is 7.18. The van der Waals surface area contributed by atoms with Crippen molar-refractivity contribution in [2.45, 2.75) is 0 Å². The van der Waals surface area contributed by atoms with E-state index in [1.807, 2.05) is 23.2 Å². The van der Waals surface area contributed by atoms with E-state index in [4.69, 9.17) is 0 Å². The maximum atomic E-state index is 4.46. The molecule has 0 saturated carbocycles. The maximum Gasteiger partial charge on any atom is 0.123 e. The average Bonchev–Trinajstić information content (AvgIpc) is 3.80. The normalized spacial score (nSPS) is 11.3. The van der Waals surface area contributed by atoms with Crippen molar-refractivity contribution >= 4 is 44.2 Å². The van der Waals surface area contributed by atoms with Crippen molar-refractivity contribution in [1.82, 2.24) is 9.97 Å². The summed E-state index contributed by atoms with van der Waals surface area (Å²) in [5.41, 5.74) is 9.69. The van der Waals surface area contributed by atoms with Gasteiger partial charge in [-0.3, -0.25) is 0 Å². The highest BCUT2D eigenvalue weighted by molar-refractivity contribution is 7.13. The molecule has 0 atom stereocenters. The molecule has 0 fully saturated rings. The SMILES string of the molecule is c1ccc2c(-c3ccc(-c4ccc(-c5nccs5)cc4)c4ccccc34)ccc(-c3ccc(-c4nccs4)cc3)c2c1. The highest BCUT2D eigenvalue weighted by atomic mass is 32.1. The molecular weight excluding hydrogens is 549 g/mol. The van der Waals surface area contributed by atoms with Crippen molar-refractivity contribution in [2.75, 3.05) is 0 Å². The molecule has 0 unspecified atom stereocenters. The van der Waals surface area contributed by atoms with Crippen molar-refractivity contribution in [2.24, 2.45) is 0 Å². The molecule has 2 aromatic heterocycles. The van der Waals surface area contributed by atoms with Gasteiger partial charge in [-0.15, -0.1) is 22.7 Å². The van der Waals surface area contributed by atoms with E-state index in [2.05, 4.69) is 131 Å². The van der Waals surface area contributed by atoms with E-state index in [1.165, 1.54) is 54.9 Å². The average molecular weight is 573 g/mol. The maximum absolute atomic E-state index is 4.46. The Morgan fingerprint density at radius 1 is 0.333 bits per heavy atom. The molecule has 0 amide bonds. The van der Waals surface area contributed by atoms with Crippen LogP contribution in [0.1, 0.15) is 0 Å². The van der Waals surface area contributed by atoms with Crippen LogP contribution in [0.25, 0.3) is 76.1 Å². The highest BCUT2D eigenvalue weighted by Crippen LogP contribution is 2.41. The Labute approximate surface area is 252 Å². The molecule has 0 aliphatic rings. The highest BCUT2D eigenvalue weighted by Gasteiger charge is 2.14. The van der Waals surface area contributed by atoms with E-state index in [1.54, 1.807) is 22.7 Å². The van der Waals surface area contributed by atoms with Crippen molar-refractivity contribution in [3.63, 3.8) is 0 Å². The van der Waals surface area contributed by atoms with Crippen LogP contribution in [0.15, 0.2) is 144 Å². The number of fused-ring (bicyclic) bond motifs is 2. The third-order valence-electron chi connectivity index (χ3n) is 7.89. The molecule has 198 valence electrons. The van der Waals surface area contributed by atoms with E-state index in [0.717, 1.165) is 21.1 Å². The van der Waals surface area contributed by atoms with Gasteiger partial charge < -0.3 is 0 Å². The number of nitrogens with zero attached hydrogens (tertiary/aromatic N) is 2. The molecular formula is C38H24N2S2. The second kappa shape index (κ2) is 10.5. The zero-order valence-electron chi connectivity index (χ0n) is 22.6. The van der Waals surface area contributed by atoms with Crippen LogP contribution in [0.2, 0.25) is 0 Å². The van der Waals surface area contributed by atoms with Crippen LogP contribution in [0, 0.1) is 0 Å². The molecule has 0 saturated heterocycles. The molecule has 0 N–H and O–H groups in total. The minimum Gasteiger partial charge on any atom is -0.245 e. The Kier molecular flexibility index (Phi) is 6.21. The summed E-state index contributed by atoms with van der Waals surface area (Å²) in [5.74, 6) is 0. The second-order valence-corrected chi connectivity index (χ2v) is 12.0. The van der Waals surface area contributed by atoms with Crippen LogP contribution in [0.4, 0.5) is 0 Å². The molecule has 4 heteroatoms. The van der Waals surface area contributed by atoms with Gasteiger partial charge in [-0.05, 0) is 54.9 Å². The van der Waals surface area contributed by atoms with Gasteiger partial charge in [0.1, 0.15) is 10.0 Å². The molecule has 0 radical (unpaired) electrons. The molecule has 6 aromatic carbocycles. The summed E-state index contributed by atoms with van der Waals surface area (Å²) in [4.78, 5) is 8.93. The van der Waals surface area contributed by atoms with Crippen molar-refractivity contribution < 1.29 is 0 Å². The Morgan fingerprint density at radius 3 is 1.02 bits per heavy atom. The molecule has 0 aliphatic heterocycles. The summed E-state index contributed by atoms with van der Waals surface area (Å²) < 4.78 is 0. The first-order valence-corrected chi connectivity index (χ1v) is 15.6. The van der Waals surface area contributed by atoms with Crippen LogP contribution in [-0.4, -0.2) is 9.97 Å². The molecule has 0 bridgehead atoms. The Bertz CT molecular complexity index is 2000. The van der Waals surface area contributed by atoms with E-state index in [9.17, 15) is 0 Å². The molecule has 8 aromatic rings. The number of aromatic nitrogens is 2. The molecule has 0 aliphatic carbocycles. The van der Waals surface area contributed by atoms with E-state index in [0.29, 0.717) is 0 Å². The summed E-state index contributed by atoms with van der Waals surface area (Å²) >= 11 is 3.33. The van der Waals surface area contributed by atoms with Gasteiger partial charge in [-0.25, -0.2) is 9.97 Å². The van der Waals surface area contributed by atoms with Crippen molar-refractivity contribution in [3.05, 3.63) is 144 Å². The van der Waals surface area contributed by atoms with Gasteiger partial charge in [-0.1, -0.05) is 121 Å². The molecule has 8 rings (SSSR count). The third-order valence-corrected chi connectivity index (χ3v) is 9.53. The van der Waals surface area contributed by atoms with Crippen LogP contribution >= 0.6 is 22.7 Å². The number of rotatable bonds is 5. The van der Waals surface area contributed by atoms with E-state index < -0.39 is 0 Å². The summed E-state index contributed by atoms with van der Waals surface area (Å²) in [6, 6.07) is 44.2. The van der Waals surface area contributed by atoms with E-state index >= 15 is 0 Å². The topological polar surface area (TPSA) is 25.8 Å². The van der Waals surface area contributed by atoms with Crippen LogP contribution < -0.4 is 0 Å². The number of benzene rings is 6. The lowest BCUT2D eigenvalue weighted by Gasteiger charge is -2.16. The van der Waals surface area contributed by atoms with Crippen LogP contribution in [0.3, 0.4) is 0 Å². The smallest absolute Gasteiger partial charge is 0.123 e. The minimum absolute atomic E-state index is 1.05. The van der Waals surface area contributed by atoms with Crippen LogP contribution in [0.5, 0.6) is 0 Å². The van der Waals surface area contributed by atoms with Gasteiger partial charge in [-0.2, -0.15) is 0 Å². The summed E-state index contributed by atoms with van der Waals surface area (Å²) in [5, 5.41) is 11.1. The predicted molar refractivity (Wildman–Crippen MR) is 180 cm³/mol. The van der Waals surface area contributed by atoms with Gasteiger partial charge in [0.05, 0.1) is 0 Å². The first-order valence-electron chi connectivity index (χ1n) is 13.9. The summed E-state index contributed by atoms with van der Waals surface area (Å²) in [7, 11) is 0. The zero-order valence-corrected chi connectivity index (χ0v) is 24.2. The van der Waals surface area contributed by atoms with Gasteiger partial charge in [0.15, 0.2) is 0 Å². The first-order chi connectivity index (χ1) is 20.8. The quantitative estimate of drug-likeness (QED) is 0.205. The van der Waals surface area contributed by atoms with Gasteiger partial charge in [0.25, 0.3) is 0 Å². The lowest BCUT2D eigenvalue weighted by molar-refractivity contribution is 1.41. The fourth-order valence-electron chi connectivity index (χ4n) is 5.89. The van der Waals surface area contributed by atoms with Crippen LogP contribution in [-0.2, 0) is 0 Å². The number of hydrogen-bond donors (Lipinski definition) is 0. The number of thiazole rings is 2. The van der Waals surface area contributed by atoms with E-state index in [-0.39, 0.29) is 0 Å². The van der Waals surface area contributed by atoms with Gasteiger partial charge >= 0.3 is 0 Å². The number of hydrogen-bond acceptors (Lipinski definition) is 4. The summed E-state index contributed by atoms with van der Waals surface area (Å²) in [6.07, 6.45) is 3.71. The Hall–Kier alpha value is -4.90. The zero-order chi connectivity index (χ0) is 27.9. The first kappa shape index (κ1) is 24.9.